The highest BCUT2D eigenvalue weighted by atomic mass is 127. The van der Waals surface area contributed by atoms with E-state index in [9.17, 15) is 13.2 Å². The van der Waals surface area contributed by atoms with Crippen molar-refractivity contribution in [2.45, 2.75) is 25.6 Å². The average Bonchev–Trinajstić information content (AvgIpc) is 2.61. The Bertz CT molecular complexity index is 685. The number of aliphatic imine (C=N–C) groups is 1. The SMILES string of the molecule is CN=C(NCCc1ccc(C(F)(F)F)cc1)NC(C)c1ccccc1.I. The number of nitrogens with zero attached hydrogens (tertiary/aromatic N) is 1. The first-order chi connectivity index (χ1) is 11.9. The Morgan fingerprint density at radius 3 is 2.19 bits per heavy atom. The molecule has 0 spiro atoms. The van der Waals surface area contributed by atoms with Gasteiger partial charge >= 0.3 is 6.18 Å². The van der Waals surface area contributed by atoms with Crippen molar-refractivity contribution >= 4 is 29.9 Å². The number of nitrogens with one attached hydrogen (secondary N) is 2. The van der Waals surface area contributed by atoms with Gasteiger partial charge in [0.05, 0.1) is 11.6 Å². The van der Waals surface area contributed by atoms with Gasteiger partial charge in [-0.1, -0.05) is 42.5 Å². The van der Waals surface area contributed by atoms with E-state index in [1.807, 2.05) is 37.3 Å². The summed E-state index contributed by atoms with van der Waals surface area (Å²) in [5, 5.41) is 6.47. The molecule has 2 aromatic carbocycles. The molecule has 0 aliphatic carbocycles. The van der Waals surface area contributed by atoms with Crippen LogP contribution in [0.25, 0.3) is 0 Å². The number of hydrogen-bond donors (Lipinski definition) is 2. The summed E-state index contributed by atoms with van der Waals surface area (Å²) < 4.78 is 37.6. The molecule has 2 N–H and O–H groups in total. The van der Waals surface area contributed by atoms with Gasteiger partial charge in [0.1, 0.15) is 0 Å². The third kappa shape index (κ3) is 6.86. The molecule has 2 rings (SSSR count). The third-order valence-electron chi connectivity index (χ3n) is 3.86. The molecule has 142 valence electrons. The van der Waals surface area contributed by atoms with Gasteiger partial charge in [0.15, 0.2) is 5.96 Å². The van der Waals surface area contributed by atoms with Gasteiger partial charge in [-0.25, -0.2) is 0 Å². The molecule has 1 atom stereocenters. The summed E-state index contributed by atoms with van der Waals surface area (Å²) in [5.74, 6) is 0.656. The van der Waals surface area contributed by atoms with Crippen LogP contribution in [0.4, 0.5) is 13.2 Å². The molecule has 3 nitrogen and oxygen atoms in total. The lowest BCUT2D eigenvalue weighted by Crippen LogP contribution is -2.39. The lowest BCUT2D eigenvalue weighted by atomic mass is 10.1. The van der Waals surface area contributed by atoms with E-state index in [-0.39, 0.29) is 30.0 Å². The summed E-state index contributed by atoms with van der Waals surface area (Å²) in [6, 6.07) is 15.3. The minimum Gasteiger partial charge on any atom is -0.356 e. The smallest absolute Gasteiger partial charge is 0.356 e. The highest BCUT2D eigenvalue weighted by molar-refractivity contribution is 14.0. The van der Waals surface area contributed by atoms with E-state index in [4.69, 9.17) is 0 Å². The van der Waals surface area contributed by atoms with Crippen molar-refractivity contribution in [3.05, 3.63) is 71.3 Å². The van der Waals surface area contributed by atoms with E-state index in [2.05, 4.69) is 15.6 Å². The maximum Gasteiger partial charge on any atom is 0.416 e. The molecule has 1 unspecified atom stereocenters. The lowest BCUT2D eigenvalue weighted by Gasteiger charge is -2.18. The van der Waals surface area contributed by atoms with Crippen molar-refractivity contribution in [2.75, 3.05) is 13.6 Å². The molecule has 0 aromatic heterocycles. The molecule has 0 saturated heterocycles. The fourth-order valence-electron chi connectivity index (χ4n) is 2.41. The molecule has 0 amide bonds. The van der Waals surface area contributed by atoms with Crippen molar-refractivity contribution in [1.82, 2.24) is 10.6 Å². The Morgan fingerprint density at radius 1 is 1.04 bits per heavy atom. The number of benzene rings is 2. The van der Waals surface area contributed by atoms with Crippen LogP contribution in [0.3, 0.4) is 0 Å². The first kappa shape index (κ1) is 22.3. The second-order valence-electron chi connectivity index (χ2n) is 5.72. The summed E-state index contributed by atoms with van der Waals surface area (Å²) >= 11 is 0. The van der Waals surface area contributed by atoms with E-state index in [0.29, 0.717) is 18.9 Å². The van der Waals surface area contributed by atoms with Gasteiger partial charge in [0, 0.05) is 13.6 Å². The normalized spacial score (nSPS) is 12.9. The second-order valence-corrected chi connectivity index (χ2v) is 5.72. The number of guanidine groups is 1. The summed E-state index contributed by atoms with van der Waals surface area (Å²) in [7, 11) is 1.69. The van der Waals surface area contributed by atoms with Gasteiger partial charge in [-0.15, -0.1) is 24.0 Å². The van der Waals surface area contributed by atoms with Crippen LogP contribution in [0.15, 0.2) is 59.6 Å². The summed E-state index contributed by atoms with van der Waals surface area (Å²) in [4.78, 5) is 4.18. The second kappa shape index (κ2) is 10.4. The first-order valence-corrected chi connectivity index (χ1v) is 8.08. The largest absolute Gasteiger partial charge is 0.416 e. The summed E-state index contributed by atoms with van der Waals surface area (Å²) in [6.07, 6.45) is -3.69. The Labute approximate surface area is 169 Å². The molecule has 2 aromatic rings. The predicted molar refractivity (Wildman–Crippen MR) is 110 cm³/mol. The van der Waals surface area contributed by atoms with Crippen molar-refractivity contribution in [3.8, 4) is 0 Å². The molecule has 0 aliphatic rings. The molecule has 0 radical (unpaired) electrons. The van der Waals surface area contributed by atoms with E-state index in [1.54, 1.807) is 7.05 Å². The zero-order chi connectivity index (χ0) is 18.3. The summed E-state index contributed by atoms with van der Waals surface area (Å²) in [6.45, 7) is 2.62. The van der Waals surface area contributed by atoms with E-state index in [1.165, 1.54) is 12.1 Å². The van der Waals surface area contributed by atoms with Crippen LogP contribution in [-0.4, -0.2) is 19.6 Å². The minimum atomic E-state index is -4.30. The first-order valence-electron chi connectivity index (χ1n) is 8.08. The monoisotopic (exact) mass is 477 g/mol. The molecular formula is C19H23F3IN3. The van der Waals surface area contributed by atoms with Gasteiger partial charge in [-0.2, -0.15) is 13.2 Å². The van der Waals surface area contributed by atoms with Crippen molar-refractivity contribution in [2.24, 2.45) is 4.99 Å². The van der Waals surface area contributed by atoms with Crippen LogP contribution in [0.2, 0.25) is 0 Å². The fraction of sp³-hybridized carbons (Fsp3) is 0.316. The van der Waals surface area contributed by atoms with Gasteiger partial charge in [0.2, 0.25) is 0 Å². The Kier molecular flexibility index (Phi) is 8.91. The number of rotatable bonds is 5. The molecule has 0 aliphatic heterocycles. The molecule has 7 heteroatoms. The minimum absolute atomic E-state index is 0. The van der Waals surface area contributed by atoms with Gasteiger partial charge in [-0.05, 0) is 36.6 Å². The maximum atomic E-state index is 12.5. The van der Waals surface area contributed by atoms with Crippen molar-refractivity contribution in [3.63, 3.8) is 0 Å². The van der Waals surface area contributed by atoms with Gasteiger partial charge < -0.3 is 10.6 Å². The van der Waals surface area contributed by atoms with E-state index < -0.39 is 11.7 Å². The number of halogens is 4. The maximum absolute atomic E-state index is 12.5. The fourth-order valence-corrected chi connectivity index (χ4v) is 2.41. The third-order valence-corrected chi connectivity index (χ3v) is 3.86. The molecular weight excluding hydrogens is 454 g/mol. The van der Waals surface area contributed by atoms with Crippen molar-refractivity contribution < 1.29 is 13.2 Å². The Balaban J connectivity index is 0.00000338. The van der Waals surface area contributed by atoms with Gasteiger partial charge in [0.25, 0.3) is 0 Å². The van der Waals surface area contributed by atoms with E-state index in [0.717, 1.165) is 23.3 Å². The predicted octanol–water partition coefficient (Wildman–Crippen LogP) is 4.79. The van der Waals surface area contributed by atoms with Crippen LogP contribution in [0.1, 0.15) is 29.7 Å². The van der Waals surface area contributed by atoms with Crippen LogP contribution >= 0.6 is 24.0 Å². The zero-order valence-corrected chi connectivity index (χ0v) is 17.0. The quantitative estimate of drug-likeness (QED) is 0.369. The number of hydrogen-bond acceptors (Lipinski definition) is 1. The van der Waals surface area contributed by atoms with Crippen LogP contribution in [-0.2, 0) is 12.6 Å². The zero-order valence-electron chi connectivity index (χ0n) is 14.7. The molecule has 0 heterocycles. The summed E-state index contributed by atoms with van der Waals surface area (Å²) in [5.41, 5.74) is 1.36. The van der Waals surface area contributed by atoms with Crippen LogP contribution in [0.5, 0.6) is 0 Å². The lowest BCUT2D eigenvalue weighted by molar-refractivity contribution is -0.137. The molecule has 26 heavy (non-hydrogen) atoms. The van der Waals surface area contributed by atoms with Gasteiger partial charge in [-0.3, -0.25) is 4.99 Å². The van der Waals surface area contributed by atoms with Crippen LogP contribution < -0.4 is 10.6 Å². The topological polar surface area (TPSA) is 36.4 Å². The van der Waals surface area contributed by atoms with E-state index >= 15 is 0 Å². The Hall–Kier alpha value is -1.77. The Morgan fingerprint density at radius 2 is 1.65 bits per heavy atom. The molecule has 0 fully saturated rings. The highest BCUT2D eigenvalue weighted by Gasteiger charge is 2.29. The average molecular weight is 477 g/mol. The highest BCUT2D eigenvalue weighted by Crippen LogP contribution is 2.29. The number of alkyl halides is 3. The van der Waals surface area contributed by atoms with Crippen molar-refractivity contribution in [1.29, 1.82) is 0 Å². The molecule has 0 saturated carbocycles. The molecule has 0 bridgehead atoms. The van der Waals surface area contributed by atoms with Crippen LogP contribution in [0, 0.1) is 0 Å². The standard InChI is InChI=1S/C19H22F3N3.HI/c1-14(16-6-4-3-5-7-16)25-18(23-2)24-13-12-15-8-10-17(11-9-15)19(20,21)22;/h3-11,14H,12-13H2,1-2H3,(H2,23,24,25);1H.